The molecule has 1 unspecified atom stereocenters. The van der Waals surface area contributed by atoms with E-state index in [0.29, 0.717) is 30.1 Å². The summed E-state index contributed by atoms with van der Waals surface area (Å²) in [6.07, 6.45) is 4.09. The van der Waals surface area contributed by atoms with Crippen LogP contribution in [-0.4, -0.2) is 45.0 Å². The Bertz CT molecular complexity index is 1030. The number of rotatable bonds is 9. The molecule has 3 rings (SSSR count). The minimum Gasteiger partial charge on any atom is -0.480 e. The topological polar surface area (TPSA) is 105 Å². The number of aliphatic carboxylic acids is 1. The zero-order chi connectivity index (χ0) is 24.1. The molecule has 2 heterocycles. The number of halogens is 1. The van der Waals surface area contributed by atoms with Gasteiger partial charge in [0.2, 0.25) is 0 Å². The molecule has 2 aromatic rings. The SMILES string of the molecule is CCCCN(C(=O)c1cccc(Cl)c1)c1nc2n(c1C(=O)NC(C(=O)O)C(C)C)CCCC2. The van der Waals surface area contributed by atoms with Crippen molar-refractivity contribution in [2.24, 2.45) is 5.92 Å². The predicted octanol–water partition coefficient (Wildman–Crippen LogP) is 4.16. The van der Waals surface area contributed by atoms with Crippen molar-refractivity contribution in [3.8, 4) is 0 Å². The number of imidazole rings is 1. The van der Waals surface area contributed by atoms with Crippen LogP contribution in [0.3, 0.4) is 0 Å². The first-order valence-corrected chi connectivity index (χ1v) is 11.8. The fourth-order valence-corrected chi connectivity index (χ4v) is 4.19. The third kappa shape index (κ3) is 5.55. The minimum absolute atomic E-state index is 0.239. The van der Waals surface area contributed by atoms with Gasteiger partial charge in [0, 0.05) is 30.1 Å². The number of carbonyl (C=O) groups excluding carboxylic acids is 2. The molecule has 0 fully saturated rings. The number of carbonyl (C=O) groups is 3. The van der Waals surface area contributed by atoms with Crippen molar-refractivity contribution in [1.82, 2.24) is 14.9 Å². The molecule has 0 spiro atoms. The number of nitrogens with zero attached hydrogens (tertiary/aromatic N) is 3. The summed E-state index contributed by atoms with van der Waals surface area (Å²) < 4.78 is 1.83. The summed E-state index contributed by atoms with van der Waals surface area (Å²) in [4.78, 5) is 44.9. The lowest BCUT2D eigenvalue weighted by atomic mass is 10.0. The van der Waals surface area contributed by atoms with E-state index in [1.807, 2.05) is 11.5 Å². The van der Waals surface area contributed by atoms with Crippen LogP contribution in [0.2, 0.25) is 5.02 Å². The van der Waals surface area contributed by atoms with Crippen molar-refractivity contribution in [3.05, 3.63) is 46.4 Å². The van der Waals surface area contributed by atoms with E-state index in [1.165, 1.54) is 4.90 Å². The molecule has 1 aliphatic rings. The molecule has 1 aliphatic heterocycles. The van der Waals surface area contributed by atoms with E-state index in [0.717, 1.165) is 31.5 Å². The molecule has 1 aromatic carbocycles. The maximum Gasteiger partial charge on any atom is 0.326 e. The van der Waals surface area contributed by atoms with Gasteiger partial charge in [-0.2, -0.15) is 0 Å². The van der Waals surface area contributed by atoms with Crippen molar-refractivity contribution in [1.29, 1.82) is 0 Å². The fraction of sp³-hybridized carbons (Fsp3) is 0.500. The highest BCUT2D eigenvalue weighted by molar-refractivity contribution is 6.31. The summed E-state index contributed by atoms with van der Waals surface area (Å²) in [7, 11) is 0. The fourth-order valence-electron chi connectivity index (χ4n) is 4.00. The smallest absolute Gasteiger partial charge is 0.326 e. The van der Waals surface area contributed by atoms with Gasteiger partial charge in [-0.3, -0.25) is 14.5 Å². The lowest BCUT2D eigenvalue weighted by Gasteiger charge is -2.24. The van der Waals surface area contributed by atoms with Gasteiger partial charge in [0.25, 0.3) is 11.8 Å². The van der Waals surface area contributed by atoms with E-state index >= 15 is 0 Å². The van der Waals surface area contributed by atoms with Crippen molar-refractivity contribution in [3.63, 3.8) is 0 Å². The van der Waals surface area contributed by atoms with Gasteiger partial charge < -0.3 is 15.0 Å². The standard InChI is InChI=1S/C24H31ClN4O4/c1-4-5-12-29(23(31)16-9-8-10-17(25)14-16)21-20(28-13-7-6-11-18(28)26-21)22(30)27-19(15(2)3)24(32)33/h8-10,14-15,19H,4-7,11-13H2,1-3H3,(H,27,30)(H,32,33). The number of benzene rings is 1. The molecule has 0 saturated carbocycles. The molecule has 2 N–H and O–H groups in total. The number of carboxylic acid groups (broad SMARTS) is 1. The third-order valence-corrected chi connectivity index (χ3v) is 6.04. The minimum atomic E-state index is -1.10. The number of aromatic nitrogens is 2. The van der Waals surface area contributed by atoms with E-state index in [-0.39, 0.29) is 23.3 Å². The summed E-state index contributed by atoms with van der Waals surface area (Å²) in [5, 5.41) is 12.7. The molecule has 33 heavy (non-hydrogen) atoms. The molecular formula is C24H31ClN4O4. The Labute approximate surface area is 198 Å². The monoisotopic (exact) mass is 474 g/mol. The summed E-state index contributed by atoms with van der Waals surface area (Å²) in [5.41, 5.74) is 0.643. The van der Waals surface area contributed by atoms with Crippen molar-refractivity contribution < 1.29 is 19.5 Å². The molecule has 1 aromatic heterocycles. The third-order valence-electron chi connectivity index (χ3n) is 5.80. The van der Waals surface area contributed by atoms with Crippen LogP contribution < -0.4 is 10.2 Å². The van der Waals surface area contributed by atoms with E-state index in [1.54, 1.807) is 38.1 Å². The Morgan fingerprint density at radius 2 is 2.03 bits per heavy atom. The van der Waals surface area contributed by atoms with Crippen LogP contribution in [0.15, 0.2) is 24.3 Å². The average molecular weight is 475 g/mol. The highest BCUT2D eigenvalue weighted by Crippen LogP contribution is 2.28. The van der Waals surface area contributed by atoms with E-state index in [9.17, 15) is 19.5 Å². The van der Waals surface area contributed by atoms with Crippen LogP contribution >= 0.6 is 11.6 Å². The average Bonchev–Trinajstić information content (AvgIpc) is 3.16. The van der Waals surface area contributed by atoms with Gasteiger partial charge in [0.1, 0.15) is 11.9 Å². The highest BCUT2D eigenvalue weighted by atomic mass is 35.5. The zero-order valence-corrected chi connectivity index (χ0v) is 20.1. The molecule has 0 bridgehead atoms. The quantitative estimate of drug-likeness (QED) is 0.567. The Kier molecular flexibility index (Phi) is 8.13. The molecule has 9 heteroatoms. The van der Waals surface area contributed by atoms with E-state index < -0.39 is 17.9 Å². The molecular weight excluding hydrogens is 444 g/mol. The lowest BCUT2D eigenvalue weighted by molar-refractivity contribution is -0.140. The van der Waals surface area contributed by atoms with Crippen molar-refractivity contribution in [2.45, 2.75) is 65.5 Å². The van der Waals surface area contributed by atoms with Crippen LogP contribution in [0.5, 0.6) is 0 Å². The maximum atomic E-state index is 13.5. The lowest BCUT2D eigenvalue weighted by Crippen LogP contribution is -2.45. The zero-order valence-electron chi connectivity index (χ0n) is 19.3. The number of hydrogen-bond donors (Lipinski definition) is 2. The first-order valence-electron chi connectivity index (χ1n) is 11.4. The Hall–Kier alpha value is -2.87. The molecule has 8 nitrogen and oxygen atoms in total. The number of fused-ring (bicyclic) bond motifs is 1. The molecule has 0 saturated heterocycles. The molecule has 1 atom stereocenters. The number of anilines is 1. The number of carboxylic acids is 1. The van der Waals surface area contributed by atoms with Gasteiger partial charge >= 0.3 is 5.97 Å². The number of amides is 2. The Morgan fingerprint density at radius 1 is 1.27 bits per heavy atom. The van der Waals surface area contributed by atoms with Crippen LogP contribution in [-0.2, 0) is 17.8 Å². The molecule has 2 amide bonds. The second-order valence-electron chi connectivity index (χ2n) is 8.66. The van der Waals surface area contributed by atoms with Crippen LogP contribution in [0.4, 0.5) is 5.82 Å². The van der Waals surface area contributed by atoms with Gasteiger partial charge in [0.15, 0.2) is 11.5 Å². The maximum absolute atomic E-state index is 13.5. The number of aryl methyl sites for hydroxylation is 1. The second kappa shape index (κ2) is 10.8. The summed E-state index contributed by atoms with van der Waals surface area (Å²) in [6, 6.07) is 5.63. The van der Waals surface area contributed by atoms with Gasteiger partial charge in [-0.05, 0) is 43.4 Å². The van der Waals surface area contributed by atoms with Gasteiger partial charge in [0.05, 0.1) is 0 Å². The first kappa shape index (κ1) is 24.8. The number of hydrogen-bond acceptors (Lipinski definition) is 4. The second-order valence-corrected chi connectivity index (χ2v) is 9.10. The Balaban J connectivity index is 2.08. The molecule has 0 radical (unpaired) electrons. The van der Waals surface area contributed by atoms with Crippen molar-refractivity contribution in [2.75, 3.05) is 11.4 Å². The molecule has 178 valence electrons. The molecule has 0 aliphatic carbocycles. The van der Waals surface area contributed by atoms with Gasteiger partial charge in [-0.15, -0.1) is 0 Å². The first-order chi connectivity index (χ1) is 15.7. The van der Waals surface area contributed by atoms with Crippen LogP contribution in [0.25, 0.3) is 0 Å². The van der Waals surface area contributed by atoms with E-state index in [2.05, 4.69) is 5.32 Å². The summed E-state index contributed by atoms with van der Waals surface area (Å²) >= 11 is 6.11. The highest BCUT2D eigenvalue weighted by Gasteiger charge is 2.33. The predicted molar refractivity (Wildman–Crippen MR) is 127 cm³/mol. The van der Waals surface area contributed by atoms with Gasteiger partial charge in [-0.1, -0.05) is 44.9 Å². The van der Waals surface area contributed by atoms with Crippen molar-refractivity contribution >= 4 is 35.2 Å². The summed E-state index contributed by atoms with van der Waals surface area (Å²) in [6.45, 7) is 6.47. The Morgan fingerprint density at radius 3 is 2.67 bits per heavy atom. The van der Waals surface area contributed by atoms with Crippen LogP contribution in [0, 0.1) is 5.92 Å². The largest absolute Gasteiger partial charge is 0.480 e. The van der Waals surface area contributed by atoms with E-state index in [4.69, 9.17) is 16.6 Å². The van der Waals surface area contributed by atoms with Gasteiger partial charge in [-0.25, -0.2) is 9.78 Å². The number of nitrogens with one attached hydrogen (secondary N) is 1. The normalized spacial score (nSPS) is 14.0. The number of unbranched alkanes of at least 4 members (excludes halogenated alkanes) is 1. The van der Waals surface area contributed by atoms with Crippen LogP contribution in [0.1, 0.15) is 73.1 Å². The summed E-state index contributed by atoms with van der Waals surface area (Å²) in [5.74, 6) is -1.23.